The van der Waals surface area contributed by atoms with Gasteiger partial charge in [-0.25, -0.2) is 4.57 Å². The van der Waals surface area contributed by atoms with E-state index in [1.807, 2.05) is 0 Å². The summed E-state index contributed by atoms with van der Waals surface area (Å²) in [5.74, 6) is 1.84. The minimum Gasteiger partial charge on any atom is -0.200 e. The van der Waals surface area contributed by atoms with Crippen molar-refractivity contribution in [1.82, 2.24) is 0 Å². The zero-order valence-corrected chi connectivity index (χ0v) is 19.7. The van der Waals surface area contributed by atoms with Crippen LogP contribution in [0.15, 0.2) is 79.0 Å². The molecule has 0 spiro atoms. The van der Waals surface area contributed by atoms with Crippen molar-refractivity contribution < 1.29 is 4.57 Å². The number of benzene rings is 3. The summed E-state index contributed by atoms with van der Waals surface area (Å²) in [4.78, 5) is 0. The smallest absolute Gasteiger partial charge is 0.200 e. The van der Waals surface area contributed by atoms with E-state index in [0.717, 1.165) is 0 Å². The molecule has 0 aliphatic carbocycles. The molecule has 0 aliphatic rings. The number of aromatic nitrogens is 1. The molecule has 0 unspecified atom stereocenters. The Morgan fingerprint density at radius 2 is 1.42 bits per heavy atom. The van der Waals surface area contributed by atoms with Crippen LogP contribution < -0.4 is 4.57 Å². The molecule has 0 N–H and O–H groups in total. The number of pyridine rings is 1. The van der Waals surface area contributed by atoms with Crippen LogP contribution in [0.3, 0.4) is 0 Å². The predicted octanol–water partition coefficient (Wildman–Crippen LogP) is 7.70. The van der Waals surface area contributed by atoms with Crippen LogP contribution in [0.2, 0.25) is 0 Å². The molecular formula is C30H34N+. The second-order valence-corrected chi connectivity index (χ2v) is 9.53. The first kappa shape index (κ1) is 21.3. The van der Waals surface area contributed by atoms with E-state index in [2.05, 4.69) is 125 Å². The molecule has 0 aliphatic heterocycles. The van der Waals surface area contributed by atoms with Crippen molar-refractivity contribution in [2.24, 2.45) is 18.9 Å². The van der Waals surface area contributed by atoms with E-state index in [1.165, 1.54) is 44.3 Å². The van der Waals surface area contributed by atoms with E-state index < -0.39 is 0 Å². The highest BCUT2D eigenvalue weighted by Gasteiger charge is 2.22. The largest absolute Gasteiger partial charge is 0.220 e. The van der Waals surface area contributed by atoms with Gasteiger partial charge in [0.15, 0.2) is 6.20 Å². The van der Waals surface area contributed by atoms with Crippen LogP contribution in [0.4, 0.5) is 0 Å². The van der Waals surface area contributed by atoms with E-state index >= 15 is 0 Å². The molecule has 4 rings (SSSR count). The minimum atomic E-state index is 0.577. The van der Waals surface area contributed by atoms with Gasteiger partial charge in [0.1, 0.15) is 7.05 Å². The molecule has 0 saturated carbocycles. The SMILES string of the molecule is Cc1cc(-c2ccccc2)ccc1-c1c2ccc(C(C(C)C)C(C)C)cc2cc[n+]1C. The Hall–Kier alpha value is -2.93. The molecular weight excluding hydrogens is 374 g/mol. The lowest BCUT2D eigenvalue weighted by molar-refractivity contribution is -0.659. The van der Waals surface area contributed by atoms with Gasteiger partial charge in [0, 0.05) is 11.6 Å². The summed E-state index contributed by atoms with van der Waals surface area (Å²) in [7, 11) is 2.15. The zero-order chi connectivity index (χ0) is 22.1. The Labute approximate surface area is 187 Å². The van der Waals surface area contributed by atoms with Gasteiger partial charge in [0.25, 0.3) is 0 Å². The third-order valence-electron chi connectivity index (χ3n) is 6.57. The molecule has 0 bridgehead atoms. The van der Waals surface area contributed by atoms with E-state index in [4.69, 9.17) is 0 Å². The first-order chi connectivity index (χ1) is 14.9. The average molecular weight is 409 g/mol. The van der Waals surface area contributed by atoms with Gasteiger partial charge in [0.05, 0.1) is 5.39 Å². The van der Waals surface area contributed by atoms with Gasteiger partial charge in [-0.05, 0) is 64.5 Å². The Morgan fingerprint density at radius 1 is 0.710 bits per heavy atom. The third kappa shape index (κ3) is 4.14. The number of hydrogen-bond donors (Lipinski definition) is 0. The van der Waals surface area contributed by atoms with Crippen LogP contribution in [0.1, 0.15) is 44.7 Å². The van der Waals surface area contributed by atoms with Crippen LogP contribution in [0, 0.1) is 18.8 Å². The maximum absolute atomic E-state index is 2.41. The van der Waals surface area contributed by atoms with Crippen LogP contribution >= 0.6 is 0 Å². The zero-order valence-electron chi connectivity index (χ0n) is 19.7. The van der Waals surface area contributed by atoms with Crippen molar-refractivity contribution >= 4 is 10.8 Å². The van der Waals surface area contributed by atoms with Crippen molar-refractivity contribution in [1.29, 1.82) is 0 Å². The third-order valence-corrected chi connectivity index (χ3v) is 6.57. The molecule has 1 heteroatoms. The maximum atomic E-state index is 2.41. The number of nitrogens with zero attached hydrogens (tertiary/aromatic N) is 1. The first-order valence-electron chi connectivity index (χ1n) is 11.5. The van der Waals surface area contributed by atoms with Crippen molar-refractivity contribution in [2.45, 2.75) is 40.5 Å². The number of hydrogen-bond acceptors (Lipinski definition) is 0. The number of rotatable bonds is 5. The fraction of sp³-hybridized carbons (Fsp3) is 0.300. The molecule has 158 valence electrons. The standard InChI is InChI=1S/C30H34N/c1-20(2)29(21(3)4)26-13-15-28-25(19-26)16-17-31(6)30(28)27-14-12-24(18-22(27)5)23-10-8-7-9-11-23/h7-21,29H,1-6H3/q+1. The molecule has 0 fully saturated rings. The molecule has 1 aromatic heterocycles. The molecule has 0 atom stereocenters. The lowest BCUT2D eigenvalue weighted by Gasteiger charge is -2.25. The predicted molar refractivity (Wildman–Crippen MR) is 133 cm³/mol. The summed E-state index contributed by atoms with van der Waals surface area (Å²) in [5.41, 5.74) is 7.86. The van der Waals surface area contributed by atoms with Crippen molar-refractivity contribution in [3.63, 3.8) is 0 Å². The fourth-order valence-electron chi connectivity index (χ4n) is 5.21. The Balaban J connectivity index is 1.83. The van der Waals surface area contributed by atoms with Crippen molar-refractivity contribution in [3.8, 4) is 22.4 Å². The van der Waals surface area contributed by atoms with Gasteiger partial charge in [-0.1, -0.05) is 82.3 Å². The van der Waals surface area contributed by atoms with Crippen molar-refractivity contribution in [2.75, 3.05) is 0 Å². The maximum Gasteiger partial charge on any atom is 0.220 e. The van der Waals surface area contributed by atoms with Gasteiger partial charge in [-0.2, -0.15) is 0 Å². The molecule has 0 radical (unpaired) electrons. The van der Waals surface area contributed by atoms with Crippen LogP contribution in [0.5, 0.6) is 0 Å². The molecule has 1 nitrogen and oxygen atoms in total. The number of aryl methyl sites for hydroxylation is 2. The molecule has 0 amide bonds. The Morgan fingerprint density at radius 3 is 2.06 bits per heavy atom. The summed E-state index contributed by atoms with van der Waals surface area (Å²) in [6.45, 7) is 11.6. The van der Waals surface area contributed by atoms with Gasteiger partial charge in [-0.15, -0.1) is 0 Å². The van der Waals surface area contributed by atoms with E-state index in [9.17, 15) is 0 Å². The van der Waals surface area contributed by atoms with Gasteiger partial charge in [-0.3, -0.25) is 0 Å². The van der Waals surface area contributed by atoms with Gasteiger partial charge < -0.3 is 0 Å². The average Bonchev–Trinajstić information content (AvgIpc) is 2.74. The second-order valence-electron chi connectivity index (χ2n) is 9.53. The highest BCUT2D eigenvalue weighted by atomic mass is 14.9. The topological polar surface area (TPSA) is 3.88 Å². The minimum absolute atomic E-state index is 0.577. The highest BCUT2D eigenvalue weighted by Crippen LogP contribution is 2.36. The second kappa shape index (κ2) is 8.67. The molecule has 0 saturated heterocycles. The molecule has 1 heterocycles. The normalized spacial score (nSPS) is 11.8. The van der Waals surface area contributed by atoms with E-state index in [-0.39, 0.29) is 0 Å². The first-order valence-corrected chi connectivity index (χ1v) is 11.5. The summed E-state index contributed by atoms with van der Waals surface area (Å²) in [6.07, 6.45) is 2.20. The monoisotopic (exact) mass is 408 g/mol. The van der Waals surface area contributed by atoms with Gasteiger partial charge >= 0.3 is 0 Å². The van der Waals surface area contributed by atoms with Gasteiger partial charge in [0.2, 0.25) is 5.69 Å². The summed E-state index contributed by atoms with van der Waals surface area (Å²) in [5, 5.41) is 2.64. The quantitative estimate of drug-likeness (QED) is 0.298. The van der Waals surface area contributed by atoms with Crippen LogP contribution in [0.25, 0.3) is 33.2 Å². The van der Waals surface area contributed by atoms with Crippen LogP contribution in [-0.4, -0.2) is 0 Å². The van der Waals surface area contributed by atoms with E-state index in [1.54, 1.807) is 0 Å². The summed E-state index contributed by atoms with van der Waals surface area (Å²) in [6, 6.07) is 26.8. The Bertz CT molecular complexity index is 1190. The molecule has 3 aromatic carbocycles. The summed E-state index contributed by atoms with van der Waals surface area (Å²) < 4.78 is 2.26. The highest BCUT2D eigenvalue weighted by molar-refractivity contribution is 5.94. The van der Waals surface area contributed by atoms with E-state index in [0.29, 0.717) is 17.8 Å². The molecule has 4 aromatic rings. The lowest BCUT2D eigenvalue weighted by Crippen LogP contribution is -2.30. The summed E-state index contributed by atoms with van der Waals surface area (Å²) >= 11 is 0. The van der Waals surface area contributed by atoms with Crippen LogP contribution in [-0.2, 0) is 7.05 Å². The number of fused-ring (bicyclic) bond motifs is 1. The lowest BCUT2D eigenvalue weighted by atomic mass is 9.79. The van der Waals surface area contributed by atoms with Crippen molar-refractivity contribution in [3.05, 3.63) is 90.1 Å². The molecule has 31 heavy (non-hydrogen) atoms. The Kier molecular flexibility index (Phi) is 5.96. The fourth-order valence-corrected chi connectivity index (χ4v) is 5.21.